The van der Waals surface area contributed by atoms with E-state index in [1.807, 2.05) is 0 Å². The first kappa shape index (κ1) is 23.9. The number of rotatable bonds is 8. The predicted molar refractivity (Wildman–Crippen MR) is 118 cm³/mol. The SMILES string of the molecule is CCNC(=NCC1(CCO)CCOC1)NCC(C)N1CCCCC1C.I. The van der Waals surface area contributed by atoms with Gasteiger partial charge in [0.25, 0.3) is 0 Å². The number of aliphatic hydroxyl groups excluding tert-OH is 1. The number of hydrogen-bond donors (Lipinski definition) is 3. The third-order valence-electron chi connectivity index (χ3n) is 5.73. The highest BCUT2D eigenvalue weighted by Gasteiger charge is 2.34. The normalized spacial score (nSPS) is 28.5. The Morgan fingerprint density at radius 3 is 2.81 bits per heavy atom. The molecule has 0 aliphatic carbocycles. The van der Waals surface area contributed by atoms with E-state index in [1.165, 1.54) is 25.8 Å². The van der Waals surface area contributed by atoms with Gasteiger partial charge < -0.3 is 20.5 Å². The largest absolute Gasteiger partial charge is 0.396 e. The van der Waals surface area contributed by atoms with Crippen LogP contribution in [0.3, 0.4) is 0 Å². The second-order valence-corrected chi connectivity index (χ2v) is 7.78. The van der Waals surface area contributed by atoms with Gasteiger partial charge in [-0.05, 0) is 53.0 Å². The maximum atomic E-state index is 9.36. The molecule has 3 unspecified atom stereocenters. The van der Waals surface area contributed by atoms with Gasteiger partial charge in [-0.25, -0.2) is 0 Å². The maximum absolute atomic E-state index is 9.36. The fourth-order valence-electron chi connectivity index (χ4n) is 4.01. The van der Waals surface area contributed by atoms with Crippen molar-refractivity contribution in [1.82, 2.24) is 15.5 Å². The highest BCUT2D eigenvalue weighted by Crippen LogP contribution is 2.32. The summed E-state index contributed by atoms with van der Waals surface area (Å²) in [7, 11) is 0. The molecule has 0 spiro atoms. The van der Waals surface area contributed by atoms with E-state index in [0.717, 1.165) is 38.5 Å². The molecule has 2 aliphatic rings. The van der Waals surface area contributed by atoms with E-state index < -0.39 is 0 Å². The van der Waals surface area contributed by atoms with Crippen LogP contribution in [-0.2, 0) is 4.74 Å². The summed E-state index contributed by atoms with van der Waals surface area (Å²) < 4.78 is 5.57. The number of guanidine groups is 1. The van der Waals surface area contributed by atoms with Crippen molar-refractivity contribution in [2.45, 2.75) is 65.0 Å². The van der Waals surface area contributed by atoms with Crippen LogP contribution < -0.4 is 10.6 Å². The third-order valence-corrected chi connectivity index (χ3v) is 5.73. The van der Waals surface area contributed by atoms with E-state index in [-0.39, 0.29) is 36.0 Å². The number of piperidine rings is 1. The molecule has 0 radical (unpaired) electrons. The third kappa shape index (κ3) is 7.13. The second-order valence-electron chi connectivity index (χ2n) is 7.78. The van der Waals surface area contributed by atoms with Crippen LogP contribution in [0, 0.1) is 5.41 Å². The van der Waals surface area contributed by atoms with Gasteiger partial charge in [0.2, 0.25) is 0 Å². The minimum atomic E-state index is 0. The highest BCUT2D eigenvalue weighted by atomic mass is 127. The number of nitrogens with one attached hydrogen (secondary N) is 2. The number of hydrogen-bond acceptors (Lipinski definition) is 4. The van der Waals surface area contributed by atoms with Crippen molar-refractivity contribution in [3.63, 3.8) is 0 Å². The molecule has 0 aromatic heterocycles. The van der Waals surface area contributed by atoms with Gasteiger partial charge in [-0.1, -0.05) is 6.42 Å². The fourth-order valence-corrected chi connectivity index (χ4v) is 4.01. The van der Waals surface area contributed by atoms with Crippen LogP contribution in [-0.4, -0.2) is 74.0 Å². The van der Waals surface area contributed by atoms with Crippen molar-refractivity contribution in [2.75, 3.05) is 46.0 Å². The van der Waals surface area contributed by atoms with Crippen LogP contribution in [0.2, 0.25) is 0 Å². The maximum Gasteiger partial charge on any atom is 0.191 e. The number of aliphatic imine (C=N–C) groups is 1. The fraction of sp³-hybridized carbons (Fsp3) is 0.947. The molecule has 0 amide bonds. The molecule has 0 aromatic rings. The first-order valence-corrected chi connectivity index (χ1v) is 10.1. The first-order chi connectivity index (χ1) is 12.1. The zero-order valence-electron chi connectivity index (χ0n) is 16.8. The van der Waals surface area contributed by atoms with E-state index in [1.54, 1.807) is 0 Å². The van der Waals surface area contributed by atoms with Crippen molar-refractivity contribution in [1.29, 1.82) is 0 Å². The number of halogens is 1. The number of ether oxygens (including phenoxy) is 1. The minimum Gasteiger partial charge on any atom is -0.396 e. The first-order valence-electron chi connectivity index (χ1n) is 10.1. The summed E-state index contributed by atoms with van der Waals surface area (Å²) in [5.74, 6) is 0.878. The summed E-state index contributed by atoms with van der Waals surface area (Å²) in [5, 5.41) is 16.2. The second kappa shape index (κ2) is 12.4. The number of aliphatic hydroxyl groups is 1. The molecule has 6 nitrogen and oxygen atoms in total. The minimum absolute atomic E-state index is 0. The molecule has 3 atom stereocenters. The predicted octanol–water partition coefficient (Wildman–Crippen LogP) is 2.21. The lowest BCUT2D eigenvalue weighted by atomic mass is 9.84. The van der Waals surface area contributed by atoms with Gasteiger partial charge >= 0.3 is 0 Å². The molecule has 26 heavy (non-hydrogen) atoms. The Hall–Kier alpha value is -0.120. The summed E-state index contributed by atoms with van der Waals surface area (Å²) in [4.78, 5) is 7.42. The zero-order chi connectivity index (χ0) is 18.1. The van der Waals surface area contributed by atoms with Crippen LogP contribution in [0.4, 0.5) is 0 Å². The van der Waals surface area contributed by atoms with E-state index in [0.29, 0.717) is 25.2 Å². The van der Waals surface area contributed by atoms with Crippen molar-refractivity contribution in [3.8, 4) is 0 Å². The molecule has 0 aromatic carbocycles. The van der Waals surface area contributed by atoms with Gasteiger partial charge in [0, 0.05) is 43.8 Å². The number of nitrogens with zero attached hydrogens (tertiary/aromatic N) is 2. The summed E-state index contributed by atoms with van der Waals surface area (Å²) in [6.07, 6.45) is 5.72. The lowest BCUT2D eigenvalue weighted by Gasteiger charge is -2.38. The molecule has 3 N–H and O–H groups in total. The van der Waals surface area contributed by atoms with Crippen molar-refractivity contribution < 1.29 is 9.84 Å². The molecule has 2 saturated heterocycles. The quantitative estimate of drug-likeness (QED) is 0.281. The van der Waals surface area contributed by atoms with E-state index >= 15 is 0 Å². The zero-order valence-corrected chi connectivity index (χ0v) is 19.1. The van der Waals surface area contributed by atoms with Gasteiger partial charge in [-0.3, -0.25) is 9.89 Å². The Kier molecular flexibility index (Phi) is 11.4. The average molecular weight is 482 g/mol. The van der Waals surface area contributed by atoms with E-state index in [2.05, 4.69) is 36.3 Å². The monoisotopic (exact) mass is 482 g/mol. The smallest absolute Gasteiger partial charge is 0.191 e. The van der Waals surface area contributed by atoms with Crippen molar-refractivity contribution >= 4 is 29.9 Å². The van der Waals surface area contributed by atoms with Crippen LogP contribution in [0.25, 0.3) is 0 Å². The van der Waals surface area contributed by atoms with Gasteiger partial charge in [0.1, 0.15) is 0 Å². The standard InChI is InChI=1S/C19H38N4O2.HI/c1-4-20-18(22-14-19(8-11-24)9-12-25-15-19)21-13-17(3)23-10-6-5-7-16(23)2;/h16-17,24H,4-15H2,1-3H3,(H2,20,21,22);1H. The summed E-state index contributed by atoms with van der Waals surface area (Å²) in [5.41, 5.74) is 0.00407. The molecular formula is C19H39IN4O2. The summed E-state index contributed by atoms with van der Waals surface area (Å²) in [6, 6.07) is 1.17. The molecule has 0 saturated carbocycles. The van der Waals surface area contributed by atoms with Crippen LogP contribution in [0.5, 0.6) is 0 Å². The van der Waals surface area contributed by atoms with Gasteiger partial charge in [0.15, 0.2) is 5.96 Å². The molecule has 2 aliphatic heterocycles. The van der Waals surface area contributed by atoms with Gasteiger partial charge in [0.05, 0.1) is 13.2 Å². The lowest BCUT2D eigenvalue weighted by molar-refractivity contribution is 0.115. The molecule has 2 rings (SSSR count). The molecule has 154 valence electrons. The Morgan fingerprint density at radius 1 is 1.38 bits per heavy atom. The van der Waals surface area contributed by atoms with E-state index in [9.17, 15) is 5.11 Å². The summed E-state index contributed by atoms with van der Waals surface area (Å²) in [6.45, 7) is 12.1. The molecule has 2 heterocycles. The molecule has 0 bridgehead atoms. The Morgan fingerprint density at radius 2 is 2.19 bits per heavy atom. The average Bonchev–Trinajstić information content (AvgIpc) is 3.07. The number of likely N-dealkylation sites (tertiary alicyclic amines) is 1. The topological polar surface area (TPSA) is 69.1 Å². The summed E-state index contributed by atoms with van der Waals surface area (Å²) >= 11 is 0. The van der Waals surface area contributed by atoms with E-state index in [4.69, 9.17) is 9.73 Å². The van der Waals surface area contributed by atoms with Gasteiger partial charge in [-0.2, -0.15) is 0 Å². The van der Waals surface area contributed by atoms with Crippen molar-refractivity contribution in [3.05, 3.63) is 0 Å². The lowest BCUT2D eigenvalue weighted by Crippen LogP contribution is -2.50. The van der Waals surface area contributed by atoms with Crippen molar-refractivity contribution in [2.24, 2.45) is 10.4 Å². The van der Waals surface area contributed by atoms with Crippen LogP contribution in [0.1, 0.15) is 52.9 Å². The highest BCUT2D eigenvalue weighted by molar-refractivity contribution is 14.0. The molecule has 7 heteroatoms. The van der Waals surface area contributed by atoms with Crippen LogP contribution >= 0.6 is 24.0 Å². The Bertz CT molecular complexity index is 416. The molecular weight excluding hydrogens is 443 g/mol. The van der Waals surface area contributed by atoms with Gasteiger partial charge in [-0.15, -0.1) is 24.0 Å². The molecule has 2 fully saturated rings. The Balaban J connectivity index is 0.00000338. The van der Waals surface area contributed by atoms with Crippen LogP contribution in [0.15, 0.2) is 4.99 Å². The Labute approximate surface area is 176 Å².